The molecule has 0 heterocycles. The molecule has 0 spiro atoms. The van der Waals surface area contributed by atoms with Gasteiger partial charge in [-0.25, -0.2) is 0 Å². The van der Waals surface area contributed by atoms with Crippen molar-refractivity contribution in [2.45, 2.75) is 143 Å². The van der Waals surface area contributed by atoms with Crippen molar-refractivity contribution >= 4 is 11.9 Å². The van der Waals surface area contributed by atoms with Gasteiger partial charge in [0.05, 0.1) is 0 Å². The van der Waals surface area contributed by atoms with Crippen LogP contribution in [0.3, 0.4) is 0 Å². The van der Waals surface area contributed by atoms with Crippen LogP contribution in [0.1, 0.15) is 137 Å². The molecule has 0 bridgehead atoms. The first-order valence-electron chi connectivity index (χ1n) is 19.8. The fraction of sp³-hybridized carbons (Fsp3) is 0.902. The molecule has 0 saturated heterocycles. The number of esters is 1. The highest BCUT2D eigenvalue weighted by molar-refractivity contribution is 5.77. The van der Waals surface area contributed by atoms with E-state index in [9.17, 15) is 9.59 Å². The highest BCUT2D eigenvalue weighted by Crippen LogP contribution is 2.66. The van der Waals surface area contributed by atoms with Gasteiger partial charge in [-0.2, -0.15) is 0 Å². The summed E-state index contributed by atoms with van der Waals surface area (Å²) in [5, 5.41) is 0. The maximum atomic E-state index is 13.1. The summed E-state index contributed by atoms with van der Waals surface area (Å²) in [6.45, 7) is 13.5. The third-order valence-corrected chi connectivity index (χ3v) is 13.3. The van der Waals surface area contributed by atoms with Crippen LogP contribution in [0, 0.1) is 40.4 Å². The lowest BCUT2D eigenvalue weighted by Crippen LogP contribution is -2.50. The molecule has 0 aromatic heterocycles. The fourth-order valence-corrected chi connectivity index (χ4v) is 10.6. The second-order valence-corrected chi connectivity index (χ2v) is 17.7. The van der Waals surface area contributed by atoms with Crippen LogP contribution in [-0.4, -0.2) is 87.0 Å². The lowest BCUT2D eigenvalue weighted by molar-refractivity contribution is -0.151. The Morgan fingerprint density at radius 3 is 2.19 bits per heavy atom. The largest absolute Gasteiger partial charge is 0.462 e. The molecular formula is C41H73N3O3. The second-order valence-electron chi connectivity index (χ2n) is 17.7. The van der Waals surface area contributed by atoms with Crippen LogP contribution in [0.15, 0.2) is 11.6 Å². The second kappa shape index (κ2) is 17.5. The average molecular weight is 656 g/mol. The van der Waals surface area contributed by atoms with Crippen LogP contribution < -0.4 is 0 Å². The summed E-state index contributed by atoms with van der Waals surface area (Å²) in [4.78, 5) is 32.4. The van der Waals surface area contributed by atoms with Crippen molar-refractivity contribution in [2.75, 3.05) is 54.4 Å². The Kier molecular flexibility index (Phi) is 14.3. The standard InChI is InChI=1S/C41H73N3O3/c1-31(2)14-9-10-15-32-19-21-36-35-20-18-33-30-34(22-24-41(33,4)37(35)23-25-40(32,36)3)47-39(46)17-11-16-38(45)44(28-12-26-42(5)6)29-13-27-43(7)8/h18,31-32,34-37H,9-17,19-30H2,1-8H3/t32-,34-,35-,36-,37-,40+,41-/m0/s1. The lowest BCUT2D eigenvalue weighted by Gasteiger charge is -2.58. The fourth-order valence-electron chi connectivity index (χ4n) is 10.6. The molecule has 4 rings (SSSR count). The molecular weight excluding hydrogens is 582 g/mol. The highest BCUT2D eigenvalue weighted by Gasteiger charge is 2.58. The Hall–Kier alpha value is -1.40. The summed E-state index contributed by atoms with van der Waals surface area (Å²) in [7, 11) is 8.29. The predicted molar refractivity (Wildman–Crippen MR) is 195 cm³/mol. The van der Waals surface area contributed by atoms with Gasteiger partial charge in [-0.3, -0.25) is 9.59 Å². The van der Waals surface area contributed by atoms with Gasteiger partial charge >= 0.3 is 5.97 Å². The average Bonchev–Trinajstić information content (AvgIpc) is 3.34. The summed E-state index contributed by atoms with van der Waals surface area (Å²) in [5.74, 6) is 4.34. The highest BCUT2D eigenvalue weighted by atomic mass is 16.5. The molecule has 1 amide bonds. The van der Waals surface area contributed by atoms with Gasteiger partial charge in [0.25, 0.3) is 0 Å². The van der Waals surface area contributed by atoms with Crippen molar-refractivity contribution < 1.29 is 14.3 Å². The SMILES string of the molecule is CC(C)CCCC[C@H]1CC[C@H]2[C@@H]3CC=C4C[C@@H](OC(=O)CCCC(=O)N(CCCN(C)C)CCCN(C)C)CC[C@]4(C)[C@H]3CC[C@]12C. The van der Waals surface area contributed by atoms with Gasteiger partial charge in [0.1, 0.15) is 6.10 Å². The Bertz CT molecular complexity index is 1020. The number of ether oxygens (including phenoxy) is 1. The van der Waals surface area contributed by atoms with Crippen molar-refractivity contribution in [3.05, 3.63) is 11.6 Å². The molecule has 0 unspecified atom stereocenters. The monoisotopic (exact) mass is 656 g/mol. The van der Waals surface area contributed by atoms with E-state index in [2.05, 4.69) is 71.8 Å². The molecule has 6 heteroatoms. The van der Waals surface area contributed by atoms with E-state index in [0.29, 0.717) is 24.7 Å². The molecule has 4 aliphatic carbocycles. The van der Waals surface area contributed by atoms with Gasteiger partial charge in [-0.05, 0) is 152 Å². The molecule has 0 N–H and O–H groups in total. The molecule has 0 aromatic rings. The summed E-state index contributed by atoms with van der Waals surface area (Å²) in [6.07, 6.45) is 21.5. The Labute approximate surface area is 289 Å². The normalized spacial score (nSPS) is 31.8. The summed E-state index contributed by atoms with van der Waals surface area (Å²) >= 11 is 0. The molecule has 3 saturated carbocycles. The van der Waals surface area contributed by atoms with Crippen molar-refractivity contribution in [3.8, 4) is 0 Å². The third kappa shape index (κ3) is 10.1. The minimum absolute atomic E-state index is 0.00167. The van der Waals surface area contributed by atoms with E-state index in [1.165, 1.54) is 57.8 Å². The number of hydrogen-bond acceptors (Lipinski definition) is 5. The number of carbonyl (C=O) groups excluding carboxylic acids is 2. The summed E-state index contributed by atoms with van der Waals surface area (Å²) in [6, 6.07) is 0. The topological polar surface area (TPSA) is 53.1 Å². The van der Waals surface area contributed by atoms with E-state index >= 15 is 0 Å². The number of allylic oxidation sites excluding steroid dienone is 1. The van der Waals surface area contributed by atoms with Crippen LogP contribution in [0.2, 0.25) is 0 Å². The van der Waals surface area contributed by atoms with Crippen molar-refractivity contribution in [3.63, 3.8) is 0 Å². The molecule has 7 atom stereocenters. The third-order valence-electron chi connectivity index (χ3n) is 13.3. The maximum absolute atomic E-state index is 13.1. The minimum atomic E-state index is -0.119. The molecule has 47 heavy (non-hydrogen) atoms. The number of nitrogens with zero attached hydrogens (tertiary/aromatic N) is 3. The van der Waals surface area contributed by atoms with Gasteiger partial charge in [0.15, 0.2) is 0 Å². The molecule has 6 nitrogen and oxygen atoms in total. The molecule has 3 fully saturated rings. The first-order valence-corrected chi connectivity index (χ1v) is 19.8. The van der Waals surface area contributed by atoms with E-state index in [1.54, 1.807) is 5.57 Å². The van der Waals surface area contributed by atoms with Gasteiger partial charge in [0.2, 0.25) is 5.91 Å². The van der Waals surface area contributed by atoms with Crippen LogP contribution in [0.4, 0.5) is 0 Å². The first-order chi connectivity index (χ1) is 22.3. The Morgan fingerprint density at radius 2 is 1.53 bits per heavy atom. The number of hydrogen-bond donors (Lipinski definition) is 0. The zero-order valence-electron chi connectivity index (χ0n) is 32.0. The van der Waals surface area contributed by atoms with Crippen LogP contribution in [-0.2, 0) is 14.3 Å². The van der Waals surface area contributed by atoms with Crippen LogP contribution in [0.5, 0.6) is 0 Å². The van der Waals surface area contributed by atoms with Crippen molar-refractivity contribution in [1.82, 2.24) is 14.7 Å². The number of unbranched alkanes of at least 4 members (excludes halogenated alkanes) is 1. The molecule has 0 radical (unpaired) electrons. The number of fused-ring (bicyclic) bond motifs is 5. The zero-order chi connectivity index (χ0) is 34.2. The smallest absolute Gasteiger partial charge is 0.306 e. The van der Waals surface area contributed by atoms with E-state index < -0.39 is 0 Å². The van der Waals surface area contributed by atoms with Gasteiger partial charge < -0.3 is 19.4 Å². The molecule has 0 aliphatic heterocycles. The molecule has 4 aliphatic rings. The summed E-state index contributed by atoms with van der Waals surface area (Å²) < 4.78 is 6.09. The Morgan fingerprint density at radius 1 is 0.830 bits per heavy atom. The lowest BCUT2D eigenvalue weighted by atomic mass is 9.47. The Balaban J connectivity index is 1.24. The minimum Gasteiger partial charge on any atom is -0.462 e. The molecule has 270 valence electrons. The zero-order valence-corrected chi connectivity index (χ0v) is 32.0. The predicted octanol–water partition coefficient (Wildman–Crippen LogP) is 8.60. The molecule has 0 aromatic carbocycles. The number of carbonyl (C=O) groups is 2. The first kappa shape index (κ1) is 38.4. The van der Waals surface area contributed by atoms with Crippen LogP contribution >= 0.6 is 0 Å². The van der Waals surface area contributed by atoms with Crippen molar-refractivity contribution in [2.24, 2.45) is 40.4 Å². The van der Waals surface area contributed by atoms with E-state index in [0.717, 1.165) is 87.9 Å². The van der Waals surface area contributed by atoms with E-state index in [-0.39, 0.29) is 23.4 Å². The van der Waals surface area contributed by atoms with Gasteiger partial charge in [-0.15, -0.1) is 0 Å². The van der Waals surface area contributed by atoms with E-state index in [1.807, 2.05) is 4.90 Å². The number of rotatable bonds is 18. The van der Waals surface area contributed by atoms with Gasteiger partial charge in [0, 0.05) is 32.4 Å². The number of amides is 1. The quantitative estimate of drug-likeness (QED) is 0.0841. The van der Waals surface area contributed by atoms with Crippen LogP contribution in [0.25, 0.3) is 0 Å². The van der Waals surface area contributed by atoms with Crippen molar-refractivity contribution in [1.29, 1.82) is 0 Å². The van der Waals surface area contributed by atoms with Gasteiger partial charge in [-0.1, -0.05) is 58.6 Å². The maximum Gasteiger partial charge on any atom is 0.306 e. The summed E-state index contributed by atoms with van der Waals surface area (Å²) in [5.41, 5.74) is 2.40. The van der Waals surface area contributed by atoms with E-state index in [4.69, 9.17) is 4.74 Å².